The van der Waals surface area contributed by atoms with Crippen LogP contribution in [-0.4, -0.2) is 21.1 Å². The summed E-state index contributed by atoms with van der Waals surface area (Å²) in [4.78, 5) is 27.0. The Labute approximate surface area is 165 Å². The molecule has 0 saturated heterocycles. The fourth-order valence-electron chi connectivity index (χ4n) is 2.67. The molecular weight excluding hydrogens is 383 g/mol. The van der Waals surface area contributed by atoms with Crippen molar-refractivity contribution >= 4 is 17.5 Å². The summed E-state index contributed by atoms with van der Waals surface area (Å²) in [5.74, 6) is -0.571. The van der Waals surface area contributed by atoms with E-state index in [9.17, 15) is 14.0 Å². The third-order valence-electron chi connectivity index (χ3n) is 4.22. The summed E-state index contributed by atoms with van der Waals surface area (Å²) in [6.07, 6.45) is 0.261. The molecule has 0 bridgehead atoms. The number of nitrogens with zero attached hydrogens (tertiary/aromatic N) is 2. The SMILES string of the molecule is CC(NC(=O)CCc1nnc(-c2ccc(F)c(Cl)c2)[nH]c1=O)c1ccccc1. The second-order valence-corrected chi connectivity index (χ2v) is 6.69. The van der Waals surface area contributed by atoms with Gasteiger partial charge < -0.3 is 10.3 Å². The number of aryl methyl sites for hydroxylation is 1. The number of H-pyrrole nitrogens is 1. The lowest BCUT2D eigenvalue weighted by Gasteiger charge is -2.14. The predicted octanol–water partition coefficient (Wildman–Crippen LogP) is 3.43. The fraction of sp³-hybridized carbons (Fsp3) is 0.200. The van der Waals surface area contributed by atoms with Crippen LogP contribution < -0.4 is 10.9 Å². The number of amides is 1. The van der Waals surface area contributed by atoms with Gasteiger partial charge in [0.15, 0.2) is 5.82 Å². The minimum atomic E-state index is -0.562. The molecule has 0 radical (unpaired) electrons. The van der Waals surface area contributed by atoms with Crippen LogP contribution in [0, 0.1) is 5.82 Å². The van der Waals surface area contributed by atoms with Gasteiger partial charge in [-0.2, -0.15) is 0 Å². The maximum Gasteiger partial charge on any atom is 0.273 e. The monoisotopic (exact) mass is 400 g/mol. The van der Waals surface area contributed by atoms with Crippen molar-refractivity contribution in [3.05, 3.63) is 81.0 Å². The number of aromatic nitrogens is 3. The number of nitrogens with one attached hydrogen (secondary N) is 2. The van der Waals surface area contributed by atoms with Crippen molar-refractivity contribution in [1.29, 1.82) is 0 Å². The molecule has 2 aromatic carbocycles. The molecule has 1 heterocycles. The Kier molecular flexibility index (Phi) is 6.16. The molecule has 0 saturated carbocycles. The zero-order valence-electron chi connectivity index (χ0n) is 15.1. The van der Waals surface area contributed by atoms with E-state index in [1.807, 2.05) is 37.3 Å². The normalized spacial score (nSPS) is 11.8. The molecule has 1 aromatic heterocycles. The molecule has 8 heteroatoms. The fourth-order valence-corrected chi connectivity index (χ4v) is 2.85. The lowest BCUT2D eigenvalue weighted by atomic mass is 10.1. The van der Waals surface area contributed by atoms with Gasteiger partial charge in [-0.15, -0.1) is 10.2 Å². The molecule has 1 amide bonds. The topological polar surface area (TPSA) is 87.7 Å². The van der Waals surface area contributed by atoms with E-state index in [1.54, 1.807) is 0 Å². The number of halogens is 2. The predicted molar refractivity (Wildman–Crippen MR) is 104 cm³/mol. The summed E-state index contributed by atoms with van der Waals surface area (Å²) in [7, 11) is 0. The van der Waals surface area contributed by atoms with Gasteiger partial charge in [0.1, 0.15) is 11.5 Å². The summed E-state index contributed by atoms with van der Waals surface area (Å²) in [6, 6.07) is 13.4. The van der Waals surface area contributed by atoms with Crippen molar-refractivity contribution in [2.24, 2.45) is 0 Å². The van der Waals surface area contributed by atoms with Crippen molar-refractivity contribution in [3.63, 3.8) is 0 Å². The highest BCUT2D eigenvalue weighted by molar-refractivity contribution is 6.31. The zero-order valence-corrected chi connectivity index (χ0v) is 15.8. The Morgan fingerprint density at radius 1 is 1.21 bits per heavy atom. The molecule has 0 fully saturated rings. The second kappa shape index (κ2) is 8.75. The molecule has 0 aliphatic heterocycles. The van der Waals surface area contributed by atoms with Crippen LogP contribution in [0.25, 0.3) is 11.4 Å². The van der Waals surface area contributed by atoms with Crippen molar-refractivity contribution < 1.29 is 9.18 Å². The third-order valence-corrected chi connectivity index (χ3v) is 4.51. The summed E-state index contributed by atoms with van der Waals surface area (Å²) in [6.45, 7) is 1.89. The number of hydrogen-bond donors (Lipinski definition) is 2. The Balaban J connectivity index is 1.62. The smallest absolute Gasteiger partial charge is 0.273 e. The highest BCUT2D eigenvalue weighted by Crippen LogP contribution is 2.21. The highest BCUT2D eigenvalue weighted by Gasteiger charge is 2.13. The number of rotatable bonds is 6. The molecule has 0 aliphatic rings. The maximum absolute atomic E-state index is 13.3. The van der Waals surface area contributed by atoms with Gasteiger partial charge in [-0.05, 0) is 30.7 Å². The minimum Gasteiger partial charge on any atom is -0.350 e. The van der Waals surface area contributed by atoms with Crippen LogP contribution in [0.4, 0.5) is 4.39 Å². The van der Waals surface area contributed by atoms with Gasteiger partial charge in [0.05, 0.1) is 11.1 Å². The average molecular weight is 401 g/mol. The summed E-state index contributed by atoms with van der Waals surface area (Å²) >= 11 is 5.75. The first-order chi connectivity index (χ1) is 13.4. The Hall–Kier alpha value is -3.06. The van der Waals surface area contributed by atoms with E-state index in [4.69, 9.17) is 11.6 Å². The lowest BCUT2D eigenvalue weighted by Crippen LogP contribution is -2.28. The van der Waals surface area contributed by atoms with E-state index in [0.717, 1.165) is 5.56 Å². The van der Waals surface area contributed by atoms with Crippen LogP contribution in [0.3, 0.4) is 0 Å². The standard InChI is InChI=1S/C20H18ClFN4O2/c1-12(13-5-3-2-4-6-13)23-18(27)10-9-17-20(28)24-19(26-25-17)14-7-8-16(22)15(21)11-14/h2-8,11-12H,9-10H2,1H3,(H,23,27)(H,24,26,28). The average Bonchev–Trinajstić information content (AvgIpc) is 2.69. The molecule has 28 heavy (non-hydrogen) atoms. The molecular formula is C20H18ClFN4O2. The van der Waals surface area contributed by atoms with Crippen molar-refractivity contribution in [2.45, 2.75) is 25.8 Å². The maximum atomic E-state index is 13.3. The van der Waals surface area contributed by atoms with Gasteiger partial charge in [-0.1, -0.05) is 41.9 Å². The molecule has 6 nitrogen and oxygen atoms in total. The van der Waals surface area contributed by atoms with Gasteiger partial charge in [0.2, 0.25) is 5.91 Å². The Morgan fingerprint density at radius 3 is 2.64 bits per heavy atom. The molecule has 1 atom stereocenters. The van der Waals surface area contributed by atoms with E-state index in [0.29, 0.717) is 5.56 Å². The van der Waals surface area contributed by atoms with E-state index in [1.165, 1.54) is 18.2 Å². The molecule has 1 unspecified atom stereocenters. The highest BCUT2D eigenvalue weighted by atomic mass is 35.5. The Bertz CT molecular complexity index is 1040. The van der Waals surface area contributed by atoms with Crippen LogP contribution >= 0.6 is 11.6 Å². The number of hydrogen-bond acceptors (Lipinski definition) is 4. The number of carbonyl (C=O) groups excluding carboxylic acids is 1. The van der Waals surface area contributed by atoms with Crippen LogP contribution in [0.1, 0.15) is 30.6 Å². The van der Waals surface area contributed by atoms with Crippen LogP contribution in [0.2, 0.25) is 5.02 Å². The third kappa shape index (κ3) is 4.80. The van der Waals surface area contributed by atoms with E-state index < -0.39 is 11.4 Å². The van der Waals surface area contributed by atoms with Gasteiger partial charge in [-0.25, -0.2) is 4.39 Å². The van der Waals surface area contributed by atoms with Crippen molar-refractivity contribution in [2.75, 3.05) is 0 Å². The number of carbonyl (C=O) groups is 1. The largest absolute Gasteiger partial charge is 0.350 e. The number of benzene rings is 2. The van der Waals surface area contributed by atoms with Crippen LogP contribution in [0.15, 0.2) is 53.3 Å². The lowest BCUT2D eigenvalue weighted by molar-refractivity contribution is -0.121. The molecule has 2 N–H and O–H groups in total. The van der Waals surface area contributed by atoms with Gasteiger partial charge in [0, 0.05) is 18.4 Å². The summed E-state index contributed by atoms with van der Waals surface area (Å²) in [5, 5.41) is 10.7. The molecule has 3 aromatic rings. The first-order valence-corrected chi connectivity index (χ1v) is 9.07. The molecule has 144 valence electrons. The number of aromatic amines is 1. The van der Waals surface area contributed by atoms with Gasteiger partial charge in [-0.3, -0.25) is 9.59 Å². The van der Waals surface area contributed by atoms with E-state index >= 15 is 0 Å². The van der Waals surface area contributed by atoms with Crippen molar-refractivity contribution in [1.82, 2.24) is 20.5 Å². The van der Waals surface area contributed by atoms with Crippen LogP contribution in [0.5, 0.6) is 0 Å². The van der Waals surface area contributed by atoms with Gasteiger partial charge in [0.25, 0.3) is 5.56 Å². The minimum absolute atomic E-state index is 0.0755. The first-order valence-electron chi connectivity index (χ1n) is 8.69. The molecule has 0 aliphatic carbocycles. The molecule has 0 spiro atoms. The van der Waals surface area contributed by atoms with Crippen LogP contribution in [-0.2, 0) is 11.2 Å². The first kappa shape index (κ1) is 19.7. The van der Waals surface area contributed by atoms with Crippen molar-refractivity contribution in [3.8, 4) is 11.4 Å². The van der Waals surface area contributed by atoms with Gasteiger partial charge >= 0.3 is 0 Å². The Morgan fingerprint density at radius 2 is 1.96 bits per heavy atom. The quantitative estimate of drug-likeness (QED) is 0.663. The zero-order chi connectivity index (χ0) is 20.1. The summed E-state index contributed by atoms with van der Waals surface area (Å²) in [5.41, 5.74) is 1.14. The molecule has 3 rings (SSSR count). The second-order valence-electron chi connectivity index (χ2n) is 6.28. The summed E-state index contributed by atoms with van der Waals surface area (Å²) < 4.78 is 13.3. The van der Waals surface area contributed by atoms with E-state index in [-0.39, 0.29) is 41.3 Å². The van der Waals surface area contributed by atoms with E-state index in [2.05, 4.69) is 20.5 Å².